The molecule has 3 aromatic rings. The van der Waals surface area contributed by atoms with Gasteiger partial charge in [0.05, 0.1) is 12.8 Å². The van der Waals surface area contributed by atoms with Crippen molar-refractivity contribution in [2.24, 2.45) is 0 Å². The molecule has 1 saturated heterocycles. The zero-order valence-corrected chi connectivity index (χ0v) is 17.0. The van der Waals surface area contributed by atoms with Crippen LogP contribution in [0.1, 0.15) is 25.2 Å². The normalized spacial score (nSPS) is 16.3. The highest BCUT2D eigenvalue weighted by atomic mass is 16.5. The molecule has 30 heavy (non-hydrogen) atoms. The van der Waals surface area contributed by atoms with E-state index in [9.17, 15) is 4.79 Å². The maximum atomic E-state index is 12.5. The van der Waals surface area contributed by atoms with Crippen molar-refractivity contribution in [3.05, 3.63) is 54.7 Å². The molecule has 0 saturated carbocycles. The zero-order valence-electron chi connectivity index (χ0n) is 17.0. The Labute approximate surface area is 175 Å². The minimum atomic E-state index is -0.0111. The minimum Gasteiger partial charge on any atom is -0.495 e. The molecule has 8 nitrogen and oxygen atoms in total. The number of benzene rings is 1. The molecule has 0 radical (unpaired) electrons. The summed E-state index contributed by atoms with van der Waals surface area (Å²) in [6.07, 6.45) is 6.05. The zero-order chi connectivity index (χ0) is 20.8. The molecule has 4 rings (SSSR count). The largest absolute Gasteiger partial charge is 0.495 e. The molecule has 1 N–H and O–H groups in total. The van der Waals surface area contributed by atoms with Crippen LogP contribution >= 0.6 is 0 Å². The van der Waals surface area contributed by atoms with Crippen LogP contribution in [0.15, 0.2) is 53.3 Å². The van der Waals surface area contributed by atoms with Crippen molar-refractivity contribution >= 4 is 11.6 Å². The summed E-state index contributed by atoms with van der Waals surface area (Å²) in [5, 5.41) is 7.11. The number of carbonyl (C=O) groups is 1. The van der Waals surface area contributed by atoms with E-state index in [-0.39, 0.29) is 11.9 Å². The fourth-order valence-corrected chi connectivity index (χ4v) is 3.69. The summed E-state index contributed by atoms with van der Waals surface area (Å²) in [5.74, 6) is 1.77. The van der Waals surface area contributed by atoms with Gasteiger partial charge in [-0.1, -0.05) is 17.3 Å². The number of pyridine rings is 1. The van der Waals surface area contributed by atoms with Crippen molar-refractivity contribution in [1.29, 1.82) is 0 Å². The second-order valence-corrected chi connectivity index (χ2v) is 7.28. The van der Waals surface area contributed by atoms with Gasteiger partial charge in [-0.25, -0.2) is 0 Å². The first-order valence-electron chi connectivity index (χ1n) is 10.1. The summed E-state index contributed by atoms with van der Waals surface area (Å²) in [6.45, 7) is 1.71. The molecule has 0 spiro atoms. The van der Waals surface area contributed by atoms with E-state index in [1.54, 1.807) is 19.5 Å². The third-order valence-electron chi connectivity index (χ3n) is 5.17. The van der Waals surface area contributed by atoms with Crippen LogP contribution in [0.25, 0.3) is 11.4 Å². The Morgan fingerprint density at radius 2 is 2.20 bits per heavy atom. The number of piperidine rings is 1. The molecule has 3 heterocycles. The van der Waals surface area contributed by atoms with Crippen LogP contribution in [0.3, 0.4) is 0 Å². The number of carbonyl (C=O) groups excluding carboxylic acids is 1. The number of ether oxygens (including phenoxy) is 1. The highest BCUT2D eigenvalue weighted by Gasteiger charge is 2.23. The summed E-state index contributed by atoms with van der Waals surface area (Å²) < 4.78 is 10.7. The van der Waals surface area contributed by atoms with Crippen LogP contribution in [0.4, 0.5) is 5.69 Å². The Morgan fingerprint density at radius 1 is 1.30 bits per heavy atom. The van der Waals surface area contributed by atoms with Gasteiger partial charge in [-0.2, -0.15) is 4.98 Å². The number of hydrogen-bond donors (Lipinski definition) is 1. The fraction of sp³-hybridized carbons (Fsp3) is 0.364. The summed E-state index contributed by atoms with van der Waals surface area (Å²) >= 11 is 0. The molecular formula is C22H25N5O3. The average Bonchev–Trinajstić information content (AvgIpc) is 3.28. The lowest BCUT2D eigenvalue weighted by molar-refractivity contribution is -0.121. The maximum absolute atomic E-state index is 12.5. The van der Waals surface area contributed by atoms with Crippen molar-refractivity contribution < 1.29 is 14.1 Å². The number of methoxy groups -OCH3 is 1. The Hall–Kier alpha value is -3.42. The summed E-state index contributed by atoms with van der Waals surface area (Å²) in [5.41, 5.74) is 1.85. The monoisotopic (exact) mass is 407 g/mol. The second kappa shape index (κ2) is 9.39. The molecule has 0 aliphatic carbocycles. The Morgan fingerprint density at radius 3 is 3.03 bits per heavy atom. The SMILES string of the molecule is COc1ccccc1N1CCCC(NC(=O)CCc2nc(-c3cccnc3)no2)C1. The third-order valence-corrected chi connectivity index (χ3v) is 5.17. The number of amides is 1. The topological polar surface area (TPSA) is 93.4 Å². The number of nitrogens with zero attached hydrogens (tertiary/aromatic N) is 4. The predicted octanol–water partition coefficient (Wildman–Crippen LogP) is 2.86. The smallest absolute Gasteiger partial charge is 0.227 e. The van der Waals surface area contributed by atoms with Crippen LogP contribution in [0.5, 0.6) is 5.75 Å². The van der Waals surface area contributed by atoms with E-state index in [4.69, 9.17) is 9.26 Å². The van der Waals surface area contributed by atoms with Gasteiger partial charge in [-0.05, 0) is 37.1 Å². The molecule has 1 aliphatic heterocycles. The first-order valence-corrected chi connectivity index (χ1v) is 10.1. The van der Waals surface area contributed by atoms with E-state index in [1.165, 1.54) is 0 Å². The van der Waals surface area contributed by atoms with E-state index in [2.05, 4.69) is 31.4 Å². The van der Waals surface area contributed by atoms with Crippen molar-refractivity contribution in [3.63, 3.8) is 0 Å². The minimum absolute atomic E-state index is 0.0111. The molecule has 1 amide bonds. The van der Waals surface area contributed by atoms with Gasteiger partial charge in [0, 0.05) is 49.9 Å². The lowest BCUT2D eigenvalue weighted by atomic mass is 10.0. The van der Waals surface area contributed by atoms with Crippen LogP contribution in [0.2, 0.25) is 0 Å². The molecule has 2 aromatic heterocycles. The second-order valence-electron chi connectivity index (χ2n) is 7.28. The van der Waals surface area contributed by atoms with Crippen molar-refractivity contribution in [3.8, 4) is 17.1 Å². The number of para-hydroxylation sites is 2. The molecule has 1 fully saturated rings. The van der Waals surface area contributed by atoms with Gasteiger partial charge < -0.3 is 19.5 Å². The lowest BCUT2D eigenvalue weighted by Crippen LogP contribution is -2.48. The summed E-state index contributed by atoms with van der Waals surface area (Å²) in [7, 11) is 1.68. The first kappa shape index (κ1) is 19.9. The molecule has 1 aliphatic rings. The predicted molar refractivity (Wildman–Crippen MR) is 112 cm³/mol. The fourth-order valence-electron chi connectivity index (χ4n) is 3.69. The van der Waals surface area contributed by atoms with Gasteiger partial charge in [-0.3, -0.25) is 9.78 Å². The molecule has 1 aromatic carbocycles. The lowest BCUT2D eigenvalue weighted by Gasteiger charge is -2.35. The summed E-state index contributed by atoms with van der Waals surface area (Å²) in [6, 6.07) is 11.8. The summed E-state index contributed by atoms with van der Waals surface area (Å²) in [4.78, 5) is 23.1. The molecule has 0 bridgehead atoms. The van der Waals surface area contributed by atoms with Crippen molar-refractivity contribution in [1.82, 2.24) is 20.4 Å². The number of aromatic nitrogens is 3. The number of rotatable bonds is 7. The Kier molecular flexibility index (Phi) is 6.22. The van der Waals surface area contributed by atoms with E-state index < -0.39 is 0 Å². The van der Waals surface area contributed by atoms with Gasteiger partial charge in [0.25, 0.3) is 0 Å². The van der Waals surface area contributed by atoms with Crippen molar-refractivity contribution in [2.45, 2.75) is 31.7 Å². The van der Waals surface area contributed by atoms with Crippen LogP contribution in [-0.4, -0.2) is 47.3 Å². The van der Waals surface area contributed by atoms with Gasteiger partial charge in [0.2, 0.25) is 17.6 Å². The van der Waals surface area contributed by atoms with E-state index in [1.807, 2.05) is 30.3 Å². The molecular weight excluding hydrogens is 382 g/mol. The molecule has 156 valence electrons. The van der Waals surface area contributed by atoms with Crippen LogP contribution < -0.4 is 15.0 Å². The van der Waals surface area contributed by atoms with Crippen molar-refractivity contribution in [2.75, 3.05) is 25.1 Å². The van der Waals surface area contributed by atoms with Gasteiger partial charge in [-0.15, -0.1) is 0 Å². The quantitative estimate of drug-likeness (QED) is 0.644. The third kappa shape index (κ3) is 4.76. The van der Waals surface area contributed by atoms with Crippen LogP contribution in [0, 0.1) is 0 Å². The molecule has 1 unspecified atom stereocenters. The molecule has 1 atom stereocenters. The average molecular weight is 407 g/mol. The number of hydrogen-bond acceptors (Lipinski definition) is 7. The van der Waals surface area contributed by atoms with Gasteiger partial charge >= 0.3 is 0 Å². The number of anilines is 1. The van der Waals surface area contributed by atoms with E-state index in [0.717, 1.165) is 42.9 Å². The standard InChI is InChI=1S/C22H25N5O3/c1-29-19-9-3-2-8-18(19)27-13-5-7-17(15-27)24-20(28)10-11-21-25-22(26-30-21)16-6-4-12-23-14-16/h2-4,6,8-9,12,14,17H,5,7,10-11,13,15H2,1H3,(H,24,28). The maximum Gasteiger partial charge on any atom is 0.227 e. The number of aryl methyl sites for hydroxylation is 1. The first-order chi connectivity index (χ1) is 14.7. The Balaban J connectivity index is 1.29. The highest BCUT2D eigenvalue weighted by Crippen LogP contribution is 2.29. The van der Waals surface area contributed by atoms with E-state index in [0.29, 0.717) is 24.6 Å². The van der Waals surface area contributed by atoms with Crippen LogP contribution in [-0.2, 0) is 11.2 Å². The van der Waals surface area contributed by atoms with Gasteiger partial charge in [0.1, 0.15) is 5.75 Å². The van der Waals surface area contributed by atoms with E-state index >= 15 is 0 Å². The molecule has 8 heteroatoms. The Bertz CT molecular complexity index is 976. The van der Waals surface area contributed by atoms with Gasteiger partial charge in [0.15, 0.2) is 0 Å². The number of nitrogens with one attached hydrogen (secondary N) is 1. The highest BCUT2D eigenvalue weighted by molar-refractivity contribution is 5.76.